The zero-order chi connectivity index (χ0) is 10.6. The SMILES string of the molecule is N#CCO[C@H]1C(O)OC[C@@H]1O[N+](=O)[O-]. The molecule has 1 fully saturated rings. The molecule has 0 saturated carbocycles. The Morgan fingerprint density at radius 2 is 2.50 bits per heavy atom. The van der Waals surface area contributed by atoms with Gasteiger partial charge in [-0.05, 0) is 0 Å². The third-order valence-corrected chi connectivity index (χ3v) is 1.64. The van der Waals surface area contributed by atoms with Crippen LogP contribution >= 0.6 is 0 Å². The van der Waals surface area contributed by atoms with Crippen molar-refractivity contribution in [3.8, 4) is 6.07 Å². The molecule has 0 aromatic carbocycles. The largest absolute Gasteiger partial charge is 0.366 e. The van der Waals surface area contributed by atoms with Crippen LogP contribution in [0.15, 0.2) is 0 Å². The number of nitriles is 1. The Bertz CT molecular complexity index is 251. The van der Waals surface area contributed by atoms with Gasteiger partial charge in [-0.1, -0.05) is 0 Å². The van der Waals surface area contributed by atoms with Crippen LogP contribution in [0.3, 0.4) is 0 Å². The lowest BCUT2D eigenvalue weighted by Gasteiger charge is -2.16. The van der Waals surface area contributed by atoms with Gasteiger partial charge in [-0.3, -0.25) is 0 Å². The predicted molar refractivity (Wildman–Crippen MR) is 39.2 cm³/mol. The summed E-state index contributed by atoms with van der Waals surface area (Å²) < 4.78 is 9.48. The van der Waals surface area contributed by atoms with Gasteiger partial charge < -0.3 is 19.4 Å². The van der Waals surface area contributed by atoms with E-state index in [1.165, 1.54) is 0 Å². The Morgan fingerprint density at radius 1 is 1.79 bits per heavy atom. The number of hydrogen-bond donors (Lipinski definition) is 1. The van der Waals surface area contributed by atoms with Crippen molar-refractivity contribution in [2.24, 2.45) is 0 Å². The van der Waals surface area contributed by atoms with Gasteiger partial charge >= 0.3 is 0 Å². The Hall–Kier alpha value is -1.43. The van der Waals surface area contributed by atoms with Gasteiger partial charge in [0.05, 0.1) is 12.7 Å². The Balaban J connectivity index is 2.49. The fourth-order valence-electron chi connectivity index (χ4n) is 1.09. The molecular formula is C6H8N2O6. The van der Waals surface area contributed by atoms with Crippen molar-refractivity contribution in [1.82, 2.24) is 0 Å². The highest BCUT2D eigenvalue weighted by atomic mass is 17.0. The Labute approximate surface area is 78.7 Å². The molecule has 1 saturated heterocycles. The monoisotopic (exact) mass is 204 g/mol. The van der Waals surface area contributed by atoms with Crippen LogP contribution in [0.2, 0.25) is 0 Å². The molecule has 0 radical (unpaired) electrons. The molecule has 0 bridgehead atoms. The van der Waals surface area contributed by atoms with Gasteiger partial charge in [-0.15, -0.1) is 10.1 Å². The van der Waals surface area contributed by atoms with Gasteiger partial charge in [-0.2, -0.15) is 5.26 Å². The summed E-state index contributed by atoms with van der Waals surface area (Å²) in [7, 11) is 0. The fraction of sp³-hybridized carbons (Fsp3) is 0.833. The topological polar surface area (TPSA) is 115 Å². The predicted octanol–water partition coefficient (Wildman–Crippen LogP) is -1.18. The minimum Gasteiger partial charge on any atom is -0.366 e. The highest BCUT2D eigenvalue weighted by Gasteiger charge is 2.39. The van der Waals surface area contributed by atoms with E-state index in [1.807, 2.05) is 0 Å². The molecule has 0 aliphatic carbocycles. The zero-order valence-corrected chi connectivity index (χ0v) is 7.03. The summed E-state index contributed by atoms with van der Waals surface area (Å²) >= 11 is 0. The van der Waals surface area contributed by atoms with Crippen LogP contribution in [0, 0.1) is 21.4 Å². The van der Waals surface area contributed by atoms with Crippen LogP contribution in [-0.2, 0) is 14.3 Å². The maximum absolute atomic E-state index is 10.0. The second kappa shape index (κ2) is 4.71. The van der Waals surface area contributed by atoms with E-state index >= 15 is 0 Å². The smallest absolute Gasteiger partial charge is 0.294 e. The average molecular weight is 204 g/mol. The number of aliphatic hydroxyl groups is 1. The summed E-state index contributed by atoms with van der Waals surface area (Å²) in [6.07, 6.45) is -3.29. The minimum absolute atomic E-state index is 0.141. The zero-order valence-electron chi connectivity index (χ0n) is 7.03. The Kier molecular flexibility index (Phi) is 3.58. The van der Waals surface area contributed by atoms with E-state index in [4.69, 9.17) is 15.1 Å². The Morgan fingerprint density at radius 3 is 3.07 bits per heavy atom. The second-order valence-electron chi connectivity index (χ2n) is 2.53. The molecule has 8 nitrogen and oxygen atoms in total. The first-order valence-corrected chi connectivity index (χ1v) is 3.74. The van der Waals surface area contributed by atoms with Crippen molar-refractivity contribution in [2.75, 3.05) is 13.2 Å². The van der Waals surface area contributed by atoms with Gasteiger partial charge in [0.1, 0.15) is 12.7 Å². The first kappa shape index (κ1) is 10.6. The summed E-state index contributed by atoms with van der Waals surface area (Å²) in [4.78, 5) is 14.2. The molecule has 0 amide bonds. The summed E-state index contributed by atoms with van der Waals surface area (Å²) in [6, 6.07) is 1.67. The highest BCUT2D eigenvalue weighted by molar-refractivity contribution is 4.81. The van der Waals surface area contributed by atoms with Gasteiger partial charge in [0, 0.05) is 0 Å². The molecule has 8 heteroatoms. The van der Waals surface area contributed by atoms with Gasteiger partial charge in [0.25, 0.3) is 5.09 Å². The summed E-state index contributed by atoms with van der Waals surface area (Å²) in [6.45, 7) is -0.430. The van der Waals surface area contributed by atoms with Crippen LogP contribution in [0.1, 0.15) is 0 Å². The van der Waals surface area contributed by atoms with E-state index in [1.54, 1.807) is 6.07 Å². The number of aliphatic hydroxyl groups excluding tert-OH is 1. The molecule has 1 aliphatic heterocycles. The second-order valence-corrected chi connectivity index (χ2v) is 2.53. The van der Waals surface area contributed by atoms with Gasteiger partial charge in [0.2, 0.25) is 0 Å². The van der Waals surface area contributed by atoms with E-state index in [0.29, 0.717) is 0 Å². The van der Waals surface area contributed by atoms with E-state index in [2.05, 4.69) is 9.57 Å². The molecule has 1 heterocycles. The lowest BCUT2D eigenvalue weighted by Crippen LogP contribution is -2.36. The van der Waals surface area contributed by atoms with Crippen molar-refractivity contribution >= 4 is 0 Å². The van der Waals surface area contributed by atoms with Crippen LogP contribution in [-0.4, -0.2) is 41.9 Å². The molecule has 3 atom stereocenters. The fourth-order valence-corrected chi connectivity index (χ4v) is 1.09. The van der Waals surface area contributed by atoms with Crippen molar-refractivity contribution in [1.29, 1.82) is 5.26 Å². The van der Waals surface area contributed by atoms with E-state index < -0.39 is 23.6 Å². The normalized spacial score (nSPS) is 31.0. The molecule has 1 N–H and O–H groups in total. The average Bonchev–Trinajstić information content (AvgIpc) is 2.44. The highest BCUT2D eigenvalue weighted by Crippen LogP contribution is 2.18. The van der Waals surface area contributed by atoms with Crippen molar-refractivity contribution < 1.29 is 24.5 Å². The summed E-state index contributed by atoms with van der Waals surface area (Å²) in [5.41, 5.74) is 0. The van der Waals surface area contributed by atoms with Crippen molar-refractivity contribution in [3.63, 3.8) is 0 Å². The third kappa shape index (κ3) is 2.53. The molecule has 78 valence electrons. The molecule has 0 aromatic rings. The first-order chi connectivity index (χ1) is 6.65. The van der Waals surface area contributed by atoms with Crippen LogP contribution in [0.25, 0.3) is 0 Å². The van der Waals surface area contributed by atoms with Crippen molar-refractivity contribution in [3.05, 3.63) is 10.1 Å². The number of ether oxygens (including phenoxy) is 2. The molecule has 14 heavy (non-hydrogen) atoms. The van der Waals surface area contributed by atoms with Crippen LogP contribution in [0.5, 0.6) is 0 Å². The van der Waals surface area contributed by atoms with Crippen molar-refractivity contribution in [2.45, 2.75) is 18.5 Å². The first-order valence-electron chi connectivity index (χ1n) is 3.74. The third-order valence-electron chi connectivity index (χ3n) is 1.64. The lowest BCUT2D eigenvalue weighted by molar-refractivity contribution is -0.769. The standard InChI is InChI=1S/C6H8N2O6/c7-1-2-12-5-4(14-8(10)11)3-13-6(5)9/h4-6,9H,2-3H2/t4-,5+,6?/m0/s1. The molecule has 1 unspecified atom stereocenters. The lowest BCUT2D eigenvalue weighted by atomic mass is 10.2. The number of nitrogens with zero attached hydrogens (tertiary/aromatic N) is 2. The quantitative estimate of drug-likeness (QED) is 0.452. The minimum atomic E-state index is -1.30. The van der Waals surface area contributed by atoms with E-state index in [9.17, 15) is 10.1 Å². The van der Waals surface area contributed by atoms with E-state index in [0.717, 1.165) is 0 Å². The van der Waals surface area contributed by atoms with Crippen LogP contribution in [0.4, 0.5) is 0 Å². The maximum Gasteiger partial charge on any atom is 0.294 e. The van der Waals surface area contributed by atoms with Gasteiger partial charge in [0.15, 0.2) is 12.4 Å². The summed E-state index contributed by atoms with van der Waals surface area (Å²) in [5, 5.41) is 26.4. The van der Waals surface area contributed by atoms with E-state index in [-0.39, 0.29) is 13.2 Å². The molecule has 1 rings (SSSR count). The van der Waals surface area contributed by atoms with Crippen LogP contribution < -0.4 is 0 Å². The molecular weight excluding hydrogens is 196 g/mol. The number of rotatable bonds is 4. The maximum atomic E-state index is 10.0. The summed E-state index contributed by atoms with van der Waals surface area (Å²) in [5.74, 6) is 0. The number of hydrogen-bond acceptors (Lipinski definition) is 7. The molecule has 1 aliphatic rings. The van der Waals surface area contributed by atoms with Gasteiger partial charge in [-0.25, -0.2) is 0 Å². The molecule has 0 aromatic heterocycles. The molecule has 0 spiro atoms.